The zero-order chi connectivity index (χ0) is 19.2. The summed E-state index contributed by atoms with van der Waals surface area (Å²) < 4.78 is 7.82. The maximum atomic E-state index is 10.6. The summed E-state index contributed by atoms with van der Waals surface area (Å²) in [5.41, 5.74) is 2.90. The molecule has 3 N–H and O–H groups in total. The Morgan fingerprint density at radius 2 is 1.85 bits per heavy atom. The van der Waals surface area contributed by atoms with Gasteiger partial charge < -0.3 is 24.8 Å². The van der Waals surface area contributed by atoms with Gasteiger partial charge in [0.25, 0.3) is 0 Å². The molecule has 0 amide bonds. The fraction of sp³-hybridized carbons (Fsp3) is 0.381. The van der Waals surface area contributed by atoms with Crippen molar-refractivity contribution in [3.8, 4) is 5.75 Å². The van der Waals surface area contributed by atoms with Crippen LogP contribution in [0.25, 0.3) is 11.0 Å². The van der Waals surface area contributed by atoms with E-state index in [1.165, 1.54) is 0 Å². The van der Waals surface area contributed by atoms with E-state index in [-0.39, 0.29) is 13.2 Å². The molecule has 0 aliphatic carbocycles. The largest absolute Gasteiger partial charge is 0.491 e. The lowest BCUT2D eigenvalue weighted by Gasteiger charge is -2.18. The molecule has 0 fully saturated rings. The van der Waals surface area contributed by atoms with Crippen molar-refractivity contribution in [3.05, 3.63) is 54.1 Å². The van der Waals surface area contributed by atoms with Crippen LogP contribution in [0.5, 0.6) is 5.75 Å². The summed E-state index contributed by atoms with van der Waals surface area (Å²) in [5, 5.41) is 22.8. The van der Waals surface area contributed by atoms with E-state index < -0.39 is 6.10 Å². The van der Waals surface area contributed by atoms with Crippen molar-refractivity contribution in [1.29, 1.82) is 0 Å². The number of hydrogen-bond donors (Lipinski definition) is 3. The van der Waals surface area contributed by atoms with E-state index in [9.17, 15) is 5.11 Å². The van der Waals surface area contributed by atoms with Crippen molar-refractivity contribution >= 4 is 17.0 Å². The van der Waals surface area contributed by atoms with Crippen LogP contribution in [-0.2, 0) is 6.54 Å². The SMILES string of the molecule is CC(C)c1ccccc1OCC(O)Cn1c(NCCO)nc2ccccc21. The monoisotopic (exact) mass is 369 g/mol. The minimum Gasteiger partial charge on any atom is -0.491 e. The van der Waals surface area contributed by atoms with Crippen molar-refractivity contribution in [2.24, 2.45) is 0 Å². The Labute approximate surface area is 159 Å². The first-order chi connectivity index (χ1) is 13.1. The molecule has 0 aliphatic rings. The average Bonchev–Trinajstić information content (AvgIpc) is 3.02. The van der Waals surface area contributed by atoms with Gasteiger partial charge in [-0.2, -0.15) is 0 Å². The second-order valence-electron chi connectivity index (χ2n) is 6.84. The molecule has 0 saturated heterocycles. The molecule has 27 heavy (non-hydrogen) atoms. The second-order valence-corrected chi connectivity index (χ2v) is 6.84. The lowest BCUT2D eigenvalue weighted by atomic mass is 10.0. The number of nitrogens with one attached hydrogen (secondary N) is 1. The zero-order valence-corrected chi connectivity index (χ0v) is 15.8. The number of aliphatic hydroxyl groups excluding tert-OH is 2. The third kappa shape index (κ3) is 4.59. The number of imidazole rings is 1. The number of fused-ring (bicyclic) bond motifs is 1. The minimum atomic E-state index is -0.697. The number of nitrogens with zero attached hydrogens (tertiary/aromatic N) is 2. The Hall–Kier alpha value is -2.57. The van der Waals surface area contributed by atoms with E-state index in [0.29, 0.717) is 25.0 Å². The zero-order valence-electron chi connectivity index (χ0n) is 15.8. The molecule has 1 aromatic heterocycles. The van der Waals surface area contributed by atoms with Crippen molar-refractivity contribution in [1.82, 2.24) is 9.55 Å². The van der Waals surface area contributed by atoms with Gasteiger partial charge >= 0.3 is 0 Å². The predicted octanol–water partition coefficient (Wildman–Crippen LogP) is 3.00. The highest BCUT2D eigenvalue weighted by Gasteiger charge is 2.15. The van der Waals surface area contributed by atoms with Gasteiger partial charge in [0.15, 0.2) is 0 Å². The highest BCUT2D eigenvalue weighted by atomic mass is 16.5. The number of ether oxygens (including phenoxy) is 1. The lowest BCUT2D eigenvalue weighted by Crippen LogP contribution is -2.25. The molecule has 6 heteroatoms. The van der Waals surface area contributed by atoms with Crippen LogP contribution in [0.3, 0.4) is 0 Å². The number of aromatic nitrogens is 2. The molecule has 1 atom stereocenters. The Bertz CT molecular complexity index is 876. The molecule has 0 aliphatic heterocycles. The number of anilines is 1. The molecule has 0 bridgehead atoms. The third-order valence-corrected chi connectivity index (χ3v) is 4.42. The normalized spacial score (nSPS) is 12.5. The van der Waals surface area contributed by atoms with E-state index >= 15 is 0 Å². The lowest BCUT2D eigenvalue weighted by molar-refractivity contribution is 0.0932. The van der Waals surface area contributed by atoms with Crippen LogP contribution < -0.4 is 10.1 Å². The Morgan fingerprint density at radius 3 is 2.63 bits per heavy atom. The first-order valence-electron chi connectivity index (χ1n) is 9.30. The van der Waals surface area contributed by atoms with Gasteiger partial charge in [-0.3, -0.25) is 0 Å². The smallest absolute Gasteiger partial charge is 0.204 e. The fourth-order valence-corrected chi connectivity index (χ4v) is 3.10. The number of aliphatic hydroxyl groups is 2. The van der Waals surface area contributed by atoms with Crippen LogP contribution in [0.4, 0.5) is 5.95 Å². The molecule has 1 heterocycles. The summed E-state index contributed by atoms with van der Waals surface area (Å²) in [6.07, 6.45) is -0.697. The highest BCUT2D eigenvalue weighted by molar-refractivity contribution is 5.78. The average molecular weight is 369 g/mol. The molecule has 1 unspecified atom stereocenters. The first kappa shape index (κ1) is 19.2. The number of benzene rings is 2. The van der Waals surface area contributed by atoms with Gasteiger partial charge in [0.1, 0.15) is 18.5 Å². The summed E-state index contributed by atoms with van der Waals surface area (Å²) >= 11 is 0. The Morgan fingerprint density at radius 1 is 1.11 bits per heavy atom. The van der Waals surface area contributed by atoms with Gasteiger partial charge in [-0.25, -0.2) is 4.98 Å². The second kappa shape index (κ2) is 8.88. The van der Waals surface area contributed by atoms with Gasteiger partial charge in [-0.1, -0.05) is 44.2 Å². The van der Waals surface area contributed by atoms with E-state index in [4.69, 9.17) is 9.84 Å². The van der Waals surface area contributed by atoms with Gasteiger partial charge in [0.05, 0.1) is 24.2 Å². The van der Waals surface area contributed by atoms with Crippen LogP contribution in [0.15, 0.2) is 48.5 Å². The van der Waals surface area contributed by atoms with E-state index in [0.717, 1.165) is 22.3 Å². The van der Waals surface area contributed by atoms with Gasteiger partial charge in [0.2, 0.25) is 5.95 Å². The molecule has 0 saturated carbocycles. The number of hydrogen-bond acceptors (Lipinski definition) is 5. The quantitative estimate of drug-likeness (QED) is 0.540. The Balaban J connectivity index is 1.73. The van der Waals surface area contributed by atoms with Gasteiger partial charge in [-0.05, 0) is 29.7 Å². The highest BCUT2D eigenvalue weighted by Crippen LogP contribution is 2.26. The van der Waals surface area contributed by atoms with Crippen LogP contribution in [-0.4, -0.2) is 45.6 Å². The van der Waals surface area contributed by atoms with Crippen LogP contribution >= 0.6 is 0 Å². The van der Waals surface area contributed by atoms with Crippen molar-refractivity contribution in [3.63, 3.8) is 0 Å². The first-order valence-corrected chi connectivity index (χ1v) is 9.30. The van der Waals surface area contributed by atoms with Crippen LogP contribution in [0, 0.1) is 0 Å². The van der Waals surface area contributed by atoms with Crippen LogP contribution in [0.1, 0.15) is 25.3 Å². The summed E-state index contributed by atoms with van der Waals surface area (Å²) in [4.78, 5) is 4.55. The van der Waals surface area contributed by atoms with Gasteiger partial charge in [-0.15, -0.1) is 0 Å². The third-order valence-electron chi connectivity index (χ3n) is 4.42. The molecular formula is C21H27N3O3. The molecule has 3 rings (SSSR count). The number of rotatable bonds is 9. The summed E-state index contributed by atoms with van der Waals surface area (Å²) in [6, 6.07) is 15.7. The minimum absolute atomic E-state index is 0.0147. The Kier molecular flexibility index (Phi) is 6.32. The summed E-state index contributed by atoms with van der Waals surface area (Å²) in [7, 11) is 0. The molecule has 0 spiro atoms. The standard InChI is InChI=1S/C21H27N3O3/c1-15(2)17-7-3-6-10-20(17)27-14-16(26)13-24-19-9-5-4-8-18(19)23-21(24)22-11-12-25/h3-10,15-16,25-26H,11-14H2,1-2H3,(H,22,23). The van der Waals surface area contributed by atoms with Crippen LogP contribution in [0.2, 0.25) is 0 Å². The molecular weight excluding hydrogens is 342 g/mol. The molecule has 6 nitrogen and oxygen atoms in total. The summed E-state index contributed by atoms with van der Waals surface area (Å²) in [6.45, 7) is 5.19. The molecule has 2 aromatic carbocycles. The van der Waals surface area contributed by atoms with Gasteiger partial charge in [0, 0.05) is 6.54 Å². The maximum Gasteiger partial charge on any atom is 0.204 e. The summed E-state index contributed by atoms with van der Waals surface area (Å²) in [5.74, 6) is 1.79. The van der Waals surface area contributed by atoms with Crippen molar-refractivity contribution in [2.45, 2.75) is 32.4 Å². The van der Waals surface area contributed by atoms with E-state index in [1.807, 2.05) is 53.1 Å². The van der Waals surface area contributed by atoms with E-state index in [1.54, 1.807) is 0 Å². The number of para-hydroxylation sites is 3. The molecule has 0 radical (unpaired) electrons. The fourth-order valence-electron chi connectivity index (χ4n) is 3.10. The molecule has 3 aromatic rings. The predicted molar refractivity (Wildman–Crippen MR) is 107 cm³/mol. The molecule has 144 valence electrons. The van der Waals surface area contributed by atoms with Crippen molar-refractivity contribution in [2.75, 3.05) is 25.1 Å². The van der Waals surface area contributed by atoms with Crippen molar-refractivity contribution < 1.29 is 14.9 Å². The maximum absolute atomic E-state index is 10.6. The van der Waals surface area contributed by atoms with E-state index in [2.05, 4.69) is 24.1 Å². The topological polar surface area (TPSA) is 79.5 Å².